The summed E-state index contributed by atoms with van der Waals surface area (Å²) in [7, 11) is 1.57. The van der Waals surface area contributed by atoms with Crippen LogP contribution >= 0.6 is 11.3 Å². The third-order valence-corrected chi connectivity index (χ3v) is 3.65. The van der Waals surface area contributed by atoms with Crippen molar-refractivity contribution in [3.05, 3.63) is 51.5 Å². The van der Waals surface area contributed by atoms with Crippen LogP contribution in [0.4, 0.5) is 0 Å². The maximum absolute atomic E-state index is 11.7. The van der Waals surface area contributed by atoms with Crippen LogP contribution in [0.15, 0.2) is 30.3 Å². The summed E-state index contributed by atoms with van der Waals surface area (Å²) in [5.74, 6) is 4.84. The van der Waals surface area contributed by atoms with Crippen LogP contribution in [0.1, 0.15) is 25.9 Å². The molecule has 0 saturated carbocycles. The molecule has 100 valence electrons. The highest BCUT2D eigenvalue weighted by Gasteiger charge is 2.17. The second kappa shape index (κ2) is 6.42. The molecule has 0 fully saturated rings. The van der Waals surface area contributed by atoms with Crippen molar-refractivity contribution in [2.24, 2.45) is 5.84 Å². The third-order valence-electron chi connectivity index (χ3n) is 2.56. The molecule has 1 aromatic heterocycles. The van der Waals surface area contributed by atoms with Gasteiger partial charge in [0.15, 0.2) is 0 Å². The zero-order valence-corrected chi connectivity index (χ0v) is 11.4. The van der Waals surface area contributed by atoms with Crippen LogP contribution in [-0.2, 0) is 17.8 Å². The molecule has 0 aliphatic rings. The van der Waals surface area contributed by atoms with Crippen LogP contribution in [0.3, 0.4) is 0 Å². The molecule has 0 atom stereocenters. The van der Waals surface area contributed by atoms with E-state index in [-0.39, 0.29) is 5.91 Å². The molecule has 0 aliphatic heterocycles. The first-order valence-corrected chi connectivity index (χ1v) is 6.58. The van der Waals surface area contributed by atoms with Gasteiger partial charge in [-0.25, -0.2) is 10.8 Å². The van der Waals surface area contributed by atoms with Crippen molar-refractivity contribution in [2.75, 3.05) is 7.11 Å². The number of nitrogens with zero attached hydrogens (tertiary/aromatic N) is 1. The van der Waals surface area contributed by atoms with E-state index in [9.17, 15) is 4.79 Å². The first-order chi connectivity index (χ1) is 9.24. The smallest absolute Gasteiger partial charge is 0.277 e. The van der Waals surface area contributed by atoms with Crippen molar-refractivity contribution >= 4 is 17.2 Å². The standard InChI is InChI=1S/C13H15N3O2S/c1-18-8-10-12(13(17)16-14)19-11(15-10)7-9-5-3-2-4-6-9/h2-6H,7-8,14H2,1H3,(H,16,17). The number of thiazole rings is 1. The van der Waals surface area contributed by atoms with Gasteiger partial charge in [-0.05, 0) is 5.56 Å². The Balaban J connectivity index is 2.24. The molecule has 19 heavy (non-hydrogen) atoms. The molecule has 6 heteroatoms. The lowest BCUT2D eigenvalue weighted by Gasteiger charge is -1.98. The number of hydrogen-bond acceptors (Lipinski definition) is 5. The van der Waals surface area contributed by atoms with E-state index in [1.807, 2.05) is 30.3 Å². The van der Waals surface area contributed by atoms with Crippen molar-refractivity contribution in [3.63, 3.8) is 0 Å². The molecule has 1 heterocycles. The van der Waals surface area contributed by atoms with E-state index in [4.69, 9.17) is 10.6 Å². The zero-order valence-electron chi connectivity index (χ0n) is 10.6. The van der Waals surface area contributed by atoms with Crippen molar-refractivity contribution in [2.45, 2.75) is 13.0 Å². The van der Waals surface area contributed by atoms with E-state index in [1.54, 1.807) is 7.11 Å². The lowest BCUT2D eigenvalue weighted by atomic mass is 10.2. The van der Waals surface area contributed by atoms with Crippen LogP contribution in [0.25, 0.3) is 0 Å². The van der Waals surface area contributed by atoms with Crippen molar-refractivity contribution in [1.82, 2.24) is 10.4 Å². The summed E-state index contributed by atoms with van der Waals surface area (Å²) < 4.78 is 5.05. The van der Waals surface area contributed by atoms with Gasteiger partial charge in [0.05, 0.1) is 17.3 Å². The minimum Gasteiger partial charge on any atom is -0.378 e. The van der Waals surface area contributed by atoms with Gasteiger partial charge in [0.25, 0.3) is 5.91 Å². The third kappa shape index (κ3) is 3.37. The Morgan fingerprint density at radius 3 is 2.79 bits per heavy atom. The molecule has 5 nitrogen and oxygen atoms in total. The van der Waals surface area contributed by atoms with Gasteiger partial charge < -0.3 is 4.74 Å². The molecule has 0 bridgehead atoms. The highest BCUT2D eigenvalue weighted by Crippen LogP contribution is 2.21. The summed E-state index contributed by atoms with van der Waals surface area (Å²) in [5.41, 5.74) is 3.91. The van der Waals surface area contributed by atoms with E-state index in [1.165, 1.54) is 11.3 Å². The molecule has 0 saturated heterocycles. The summed E-state index contributed by atoms with van der Waals surface area (Å²) in [6.07, 6.45) is 0.695. The van der Waals surface area contributed by atoms with Crippen LogP contribution < -0.4 is 11.3 Å². The summed E-state index contributed by atoms with van der Waals surface area (Å²) in [6.45, 7) is 0.300. The quantitative estimate of drug-likeness (QED) is 0.493. The fourth-order valence-corrected chi connectivity index (χ4v) is 2.73. The van der Waals surface area contributed by atoms with Gasteiger partial charge in [-0.15, -0.1) is 11.3 Å². The van der Waals surface area contributed by atoms with E-state index in [0.29, 0.717) is 23.6 Å². The summed E-state index contributed by atoms with van der Waals surface area (Å²) in [5, 5.41) is 0.872. The Morgan fingerprint density at radius 1 is 1.42 bits per heavy atom. The summed E-state index contributed by atoms with van der Waals surface area (Å²) in [6, 6.07) is 9.98. The number of ether oxygens (including phenoxy) is 1. The van der Waals surface area contributed by atoms with Gasteiger partial charge in [-0.3, -0.25) is 10.2 Å². The van der Waals surface area contributed by atoms with Gasteiger partial charge in [0.2, 0.25) is 0 Å². The van der Waals surface area contributed by atoms with E-state index >= 15 is 0 Å². The Bertz CT molecular complexity index is 554. The van der Waals surface area contributed by atoms with Crippen LogP contribution in [0.5, 0.6) is 0 Å². The molecule has 2 aromatic rings. The van der Waals surface area contributed by atoms with Gasteiger partial charge >= 0.3 is 0 Å². The molecule has 0 spiro atoms. The number of aromatic nitrogens is 1. The Labute approximate surface area is 115 Å². The average Bonchev–Trinajstić information content (AvgIpc) is 2.82. The van der Waals surface area contributed by atoms with E-state index in [2.05, 4.69) is 10.4 Å². The number of hydrazine groups is 1. The highest BCUT2D eigenvalue weighted by atomic mass is 32.1. The van der Waals surface area contributed by atoms with Crippen LogP contribution in [0.2, 0.25) is 0 Å². The van der Waals surface area contributed by atoms with Crippen molar-refractivity contribution in [3.8, 4) is 0 Å². The SMILES string of the molecule is COCc1nc(Cc2ccccc2)sc1C(=O)NN. The van der Waals surface area contributed by atoms with E-state index in [0.717, 1.165) is 10.6 Å². The fourth-order valence-electron chi connectivity index (χ4n) is 1.72. The van der Waals surface area contributed by atoms with Gasteiger partial charge in [0, 0.05) is 13.5 Å². The number of nitrogen functional groups attached to an aromatic ring is 1. The topological polar surface area (TPSA) is 77.2 Å². The molecular weight excluding hydrogens is 262 g/mol. The molecule has 0 aliphatic carbocycles. The Kier molecular flexibility index (Phi) is 4.62. The molecule has 0 radical (unpaired) electrons. The number of rotatable bonds is 5. The van der Waals surface area contributed by atoms with Gasteiger partial charge in [-0.2, -0.15) is 0 Å². The highest BCUT2D eigenvalue weighted by molar-refractivity contribution is 7.13. The fraction of sp³-hybridized carbons (Fsp3) is 0.231. The monoisotopic (exact) mass is 277 g/mol. The number of benzene rings is 1. The van der Waals surface area contributed by atoms with E-state index < -0.39 is 0 Å². The minimum absolute atomic E-state index is 0.300. The normalized spacial score (nSPS) is 10.4. The number of nitrogens with one attached hydrogen (secondary N) is 1. The average molecular weight is 277 g/mol. The minimum atomic E-state index is -0.330. The molecule has 1 amide bonds. The number of hydrogen-bond donors (Lipinski definition) is 2. The first-order valence-electron chi connectivity index (χ1n) is 5.77. The molecule has 2 rings (SSSR count). The first kappa shape index (κ1) is 13.7. The molecular formula is C13H15N3O2S. The zero-order chi connectivity index (χ0) is 13.7. The number of amides is 1. The number of nitrogens with two attached hydrogens (primary N) is 1. The number of methoxy groups -OCH3 is 1. The maximum Gasteiger partial charge on any atom is 0.277 e. The predicted octanol–water partition coefficient (Wildman–Crippen LogP) is 1.48. The largest absolute Gasteiger partial charge is 0.378 e. The number of carbonyl (C=O) groups excluding carboxylic acids is 1. The predicted molar refractivity (Wildman–Crippen MR) is 73.7 cm³/mol. The number of carbonyl (C=O) groups is 1. The van der Waals surface area contributed by atoms with Crippen molar-refractivity contribution in [1.29, 1.82) is 0 Å². The van der Waals surface area contributed by atoms with Crippen LogP contribution in [0, 0.1) is 0 Å². The Hall–Kier alpha value is -1.76. The van der Waals surface area contributed by atoms with Crippen molar-refractivity contribution < 1.29 is 9.53 Å². The second-order valence-electron chi connectivity index (χ2n) is 3.95. The molecule has 3 N–H and O–H groups in total. The van der Waals surface area contributed by atoms with Gasteiger partial charge in [-0.1, -0.05) is 30.3 Å². The van der Waals surface area contributed by atoms with Gasteiger partial charge in [0.1, 0.15) is 4.88 Å². The lowest BCUT2D eigenvalue weighted by Crippen LogP contribution is -2.30. The van der Waals surface area contributed by atoms with Crippen LogP contribution in [-0.4, -0.2) is 18.0 Å². The summed E-state index contributed by atoms with van der Waals surface area (Å²) >= 11 is 1.34. The second-order valence-corrected chi connectivity index (χ2v) is 5.04. The Morgan fingerprint density at radius 2 is 2.16 bits per heavy atom. The molecule has 1 aromatic carbocycles. The maximum atomic E-state index is 11.7. The molecule has 0 unspecified atom stereocenters. The summed E-state index contributed by atoms with van der Waals surface area (Å²) in [4.78, 5) is 16.6. The lowest BCUT2D eigenvalue weighted by molar-refractivity contribution is 0.0952.